The molecule has 2 aliphatic rings. The van der Waals surface area contributed by atoms with Crippen LogP contribution in [0.3, 0.4) is 0 Å². The maximum atomic E-state index is 12.6. The second kappa shape index (κ2) is 7.70. The highest BCUT2D eigenvalue weighted by atomic mass is 32.2. The normalized spacial score (nSPS) is 19.4. The molecule has 0 bridgehead atoms. The molecule has 2 fully saturated rings. The Morgan fingerprint density at radius 1 is 1.12 bits per heavy atom. The Bertz CT molecular complexity index is 699. The summed E-state index contributed by atoms with van der Waals surface area (Å²) in [6.45, 7) is 3.36. The number of rotatable bonds is 6. The van der Waals surface area contributed by atoms with E-state index in [1.54, 1.807) is 16.4 Å². The maximum Gasteiger partial charge on any atom is 0.244 e. The number of anilines is 1. The van der Waals surface area contributed by atoms with Crippen LogP contribution in [-0.2, 0) is 14.8 Å². The first kappa shape index (κ1) is 18.1. The highest BCUT2D eigenvalue weighted by molar-refractivity contribution is 7.89. The molecule has 0 spiro atoms. The second-order valence-corrected chi connectivity index (χ2v) is 8.66. The Kier molecular flexibility index (Phi) is 5.58. The van der Waals surface area contributed by atoms with Gasteiger partial charge in [0.2, 0.25) is 15.9 Å². The highest BCUT2D eigenvalue weighted by Gasteiger charge is 2.26. The van der Waals surface area contributed by atoms with E-state index >= 15 is 0 Å². The van der Waals surface area contributed by atoms with Gasteiger partial charge in [0.05, 0.1) is 0 Å². The Morgan fingerprint density at radius 3 is 2.48 bits per heavy atom. The van der Waals surface area contributed by atoms with E-state index in [-0.39, 0.29) is 10.8 Å². The minimum Gasteiger partial charge on any atom is -0.358 e. The molecule has 8 heteroatoms. The molecule has 2 saturated heterocycles. The number of amides is 1. The minimum atomic E-state index is -3.44. The summed E-state index contributed by atoms with van der Waals surface area (Å²) in [5.74, 6) is 0.925. The van der Waals surface area contributed by atoms with E-state index in [1.807, 2.05) is 16.8 Å². The van der Waals surface area contributed by atoms with Crippen molar-refractivity contribution in [2.75, 3.05) is 44.7 Å². The zero-order valence-corrected chi connectivity index (χ0v) is 15.5. The van der Waals surface area contributed by atoms with Gasteiger partial charge in [-0.05, 0) is 31.4 Å². The summed E-state index contributed by atoms with van der Waals surface area (Å²) in [5, 5.41) is 0. The van der Waals surface area contributed by atoms with Gasteiger partial charge in [0, 0.05) is 52.4 Å². The number of nitrogens with zero attached hydrogens (tertiary/aromatic N) is 4. The molecule has 0 radical (unpaired) electrons. The molecule has 0 atom stereocenters. The fourth-order valence-corrected chi connectivity index (χ4v) is 4.79. The first-order valence-electron chi connectivity index (χ1n) is 8.93. The fourth-order valence-electron chi connectivity index (χ4n) is 3.33. The van der Waals surface area contributed by atoms with Crippen molar-refractivity contribution in [3.63, 3.8) is 0 Å². The number of piperidine rings is 1. The summed E-state index contributed by atoms with van der Waals surface area (Å²) in [7, 11) is -1.53. The van der Waals surface area contributed by atoms with Gasteiger partial charge in [-0.25, -0.2) is 13.4 Å². The van der Waals surface area contributed by atoms with Crippen LogP contribution >= 0.6 is 0 Å². The number of likely N-dealkylation sites (tertiary alicyclic amines) is 1. The van der Waals surface area contributed by atoms with E-state index < -0.39 is 10.0 Å². The molecule has 7 nitrogen and oxygen atoms in total. The van der Waals surface area contributed by atoms with Gasteiger partial charge in [-0.1, -0.05) is 6.42 Å². The summed E-state index contributed by atoms with van der Waals surface area (Å²) in [6, 6.07) is 3.37. The monoisotopic (exact) mass is 366 g/mol. The molecule has 0 N–H and O–H groups in total. The van der Waals surface area contributed by atoms with Crippen LogP contribution in [-0.4, -0.2) is 68.3 Å². The van der Waals surface area contributed by atoms with Crippen molar-refractivity contribution >= 4 is 21.7 Å². The molecule has 0 aliphatic carbocycles. The molecule has 3 rings (SSSR count). The van der Waals surface area contributed by atoms with E-state index in [1.165, 1.54) is 6.20 Å². The first-order chi connectivity index (χ1) is 12.0. The van der Waals surface area contributed by atoms with Gasteiger partial charge < -0.3 is 9.80 Å². The average molecular weight is 366 g/mol. The lowest BCUT2D eigenvalue weighted by Crippen LogP contribution is -2.36. The Hall–Kier alpha value is -1.67. The SMILES string of the molecule is CN(CCN1CCCC1=O)c1ccc(S(=O)(=O)N2CCCCC2)cn1. The lowest BCUT2D eigenvalue weighted by molar-refractivity contribution is -0.127. The van der Waals surface area contributed by atoms with E-state index in [0.717, 1.165) is 32.2 Å². The molecule has 25 heavy (non-hydrogen) atoms. The van der Waals surface area contributed by atoms with E-state index in [2.05, 4.69) is 4.98 Å². The van der Waals surface area contributed by atoms with Crippen molar-refractivity contribution in [3.8, 4) is 0 Å². The molecule has 1 amide bonds. The largest absolute Gasteiger partial charge is 0.358 e. The number of pyridine rings is 1. The first-order valence-corrected chi connectivity index (χ1v) is 10.4. The van der Waals surface area contributed by atoms with Crippen molar-refractivity contribution in [1.82, 2.24) is 14.2 Å². The van der Waals surface area contributed by atoms with Gasteiger partial charge in [-0.15, -0.1) is 0 Å². The summed E-state index contributed by atoms with van der Waals surface area (Å²) in [5.41, 5.74) is 0. The second-order valence-electron chi connectivity index (χ2n) is 6.72. The summed E-state index contributed by atoms with van der Waals surface area (Å²) >= 11 is 0. The van der Waals surface area contributed by atoms with Crippen molar-refractivity contribution < 1.29 is 13.2 Å². The third-order valence-corrected chi connectivity index (χ3v) is 6.82. The van der Waals surface area contributed by atoms with Gasteiger partial charge >= 0.3 is 0 Å². The molecule has 138 valence electrons. The van der Waals surface area contributed by atoms with Crippen molar-refractivity contribution in [3.05, 3.63) is 18.3 Å². The predicted molar refractivity (Wildman–Crippen MR) is 95.9 cm³/mol. The van der Waals surface area contributed by atoms with Crippen LogP contribution in [0.25, 0.3) is 0 Å². The van der Waals surface area contributed by atoms with E-state index in [9.17, 15) is 13.2 Å². The number of hydrogen-bond acceptors (Lipinski definition) is 5. The zero-order chi connectivity index (χ0) is 17.9. The van der Waals surface area contributed by atoms with Crippen LogP contribution in [0.1, 0.15) is 32.1 Å². The molecular formula is C17H26N4O3S. The van der Waals surface area contributed by atoms with Crippen LogP contribution in [0.15, 0.2) is 23.2 Å². The van der Waals surface area contributed by atoms with Gasteiger partial charge in [-0.2, -0.15) is 4.31 Å². The highest BCUT2D eigenvalue weighted by Crippen LogP contribution is 2.21. The Morgan fingerprint density at radius 2 is 1.88 bits per heavy atom. The number of carbonyl (C=O) groups is 1. The number of aromatic nitrogens is 1. The quantitative estimate of drug-likeness (QED) is 0.759. The third-order valence-electron chi connectivity index (χ3n) is 4.94. The molecular weight excluding hydrogens is 340 g/mol. The summed E-state index contributed by atoms with van der Waals surface area (Å²) in [4.78, 5) is 20.0. The molecule has 0 saturated carbocycles. The predicted octanol–water partition coefficient (Wildman–Crippen LogP) is 1.31. The van der Waals surface area contributed by atoms with Gasteiger partial charge in [-0.3, -0.25) is 4.79 Å². The van der Waals surface area contributed by atoms with Crippen LogP contribution < -0.4 is 4.90 Å². The fraction of sp³-hybridized carbons (Fsp3) is 0.647. The smallest absolute Gasteiger partial charge is 0.244 e. The number of sulfonamides is 1. The van der Waals surface area contributed by atoms with E-state index in [4.69, 9.17) is 0 Å². The average Bonchev–Trinajstić information content (AvgIpc) is 3.05. The molecule has 0 aromatic carbocycles. The standard InChI is InChI=1S/C17H26N4O3S/c1-19(12-13-20-9-5-6-17(20)22)16-8-7-15(14-18-16)25(23,24)21-10-3-2-4-11-21/h7-8,14H,2-6,9-13H2,1H3. The molecule has 1 aromatic heterocycles. The van der Waals surface area contributed by atoms with Crippen LogP contribution in [0, 0.1) is 0 Å². The maximum absolute atomic E-state index is 12.6. The molecule has 3 heterocycles. The van der Waals surface area contributed by atoms with Crippen molar-refractivity contribution in [1.29, 1.82) is 0 Å². The lowest BCUT2D eigenvalue weighted by atomic mass is 10.2. The summed E-state index contributed by atoms with van der Waals surface area (Å²) < 4.78 is 26.8. The number of carbonyl (C=O) groups excluding carboxylic acids is 1. The molecule has 2 aliphatic heterocycles. The van der Waals surface area contributed by atoms with Crippen molar-refractivity contribution in [2.24, 2.45) is 0 Å². The Labute approximate surface area is 149 Å². The van der Waals surface area contributed by atoms with Crippen LogP contribution in [0.5, 0.6) is 0 Å². The lowest BCUT2D eigenvalue weighted by Gasteiger charge is -2.26. The van der Waals surface area contributed by atoms with Gasteiger partial charge in [0.1, 0.15) is 10.7 Å². The van der Waals surface area contributed by atoms with Gasteiger partial charge in [0.25, 0.3) is 0 Å². The number of likely N-dealkylation sites (N-methyl/N-ethyl adjacent to an activating group) is 1. The summed E-state index contributed by atoms with van der Waals surface area (Å²) in [6.07, 6.45) is 5.95. The topological polar surface area (TPSA) is 73.8 Å². The number of hydrogen-bond donors (Lipinski definition) is 0. The Balaban J connectivity index is 1.62. The third kappa shape index (κ3) is 4.12. The molecule has 0 unspecified atom stereocenters. The van der Waals surface area contributed by atoms with Crippen LogP contribution in [0.4, 0.5) is 5.82 Å². The zero-order valence-electron chi connectivity index (χ0n) is 14.7. The van der Waals surface area contributed by atoms with E-state index in [0.29, 0.717) is 38.4 Å². The van der Waals surface area contributed by atoms with Gasteiger partial charge in [0.15, 0.2) is 0 Å². The van der Waals surface area contributed by atoms with Crippen LogP contribution in [0.2, 0.25) is 0 Å². The minimum absolute atomic E-state index is 0.212. The molecule has 1 aromatic rings. The van der Waals surface area contributed by atoms with Crippen molar-refractivity contribution in [2.45, 2.75) is 37.0 Å².